The highest BCUT2D eigenvalue weighted by atomic mass is 35.5. The van der Waals surface area contributed by atoms with Gasteiger partial charge in [-0.25, -0.2) is 0 Å². The number of rotatable bonds is 5. The molecule has 5 rings (SSSR count). The fourth-order valence-electron chi connectivity index (χ4n) is 4.29. The molecule has 0 unspecified atom stereocenters. The van der Waals surface area contributed by atoms with Crippen LogP contribution >= 0.6 is 11.6 Å². The van der Waals surface area contributed by atoms with E-state index in [9.17, 15) is 4.79 Å². The molecule has 6 heteroatoms. The van der Waals surface area contributed by atoms with Crippen LogP contribution < -0.4 is 14.9 Å². The number of benzene rings is 3. The summed E-state index contributed by atoms with van der Waals surface area (Å²) in [6.07, 6.45) is 0.886. The van der Waals surface area contributed by atoms with Crippen molar-refractivity contribution in [1.82, 2.24) is 4.90 Å². The molecule has 0 N–H and O–H groups in total. The van der Waals surface area contributed by atoms with Gasteiger partial charge in [0.25, 0.3) is 0 Å². The summed E-state index contributed by atoms with van der Waals surface area (Å²) in [5.41, 5.74) is 4.05. The predicted octanol–water partition coefficient (Wildman–Crippen LogP) is 5.83. The Morgan fingerprint density at radius 2 is 1.79 bits per heavy atom. The average molecular weight is 462 g/mol. The van der Waals surface area contributed by atoms with Gasteiger partial charge in [-0.1, -0.05) is 35.9 Å². The van der Waals surface area contributed by atoms with E-state index in [1.807, 2.05) is 37.3 Å². The summed E-state index contributed by atoms with van der Waals surface area (Å²) >= 11 is 6.02. The van der Waals surface area contributed by atoms with Crippen molar-refractivity contribution in [3.8, 4) is 22.6 Å². The van der Waals surface area contributed by atoms with E-state index in [1.54, 1.807) is 25.3 Å². The zero-order chi connectivity index (χ0) is 22.9. The molecule has 0 amide bonds. The molecule has 0 saturated heterocycles. The summed E-state index contributed by atoms with van der Waals surface area (Å²) in [6.45, 7) is 3.82. The Labute approximate surface area is 197 Å². The topological polar surface area (TPSA) is 51.9 Å². The maximum atomic E-state index is 13.4. The molecule has 0 spiro atoms. The SMILES string of the molecule is COc1ccc(CCN2COc3ccc4c(=O)c(-c5ccc(Cl)cc5)c(C)oc4c3C2)cc1. The normalized spacial score (nSPS) is 13.5. The summed E-state index contributed by atoms with van der Waals surface area (Å²) in [5, 5.41) is 1.19. The van der Waals surface area contributed by atoms with Crippen LogP contribution in [0.25, 0.3) is 22.1 Å². The fourth-order valence-corrected chi connectivity index (χ4v) is 4.42. The van der Waals surface area contributed by atoms with Gasteiger partial charge in [0.2, 0.25) is 5.43 Å². The van der Waals surface area contributed by atoms with Gasteiger partial charge >= 0.3 is 0 Å². The quantitative estimate of drug-likeness (QED) is 0.374. The van der Waals surface area contributed by atoms with Gasteiger partial charge in [0, 0.05) is 18.1 Å². The van der Waals surface area contributed by atoms with Gasteiger partial charge in [-0.3, -0.25) is 9.69 Å². The number of hydrogen-bond acceptors (Lipinski definition) is 5. The summed E-state index contributed by atoms with van der Waals surface area (Å²) in [7, 11) is 1.67. The van der Waals surface area contributed by atoms with Crippen molar-refractivity contribution in [2.45, 2.75) is 19.9 Å². The van der Waals surface area contributed by atoms with Gasteiger partial charge in [0.1, 0.15) is 29.6 Å². The van der Waals surface area contributed by atoms with Crippen LogP contribution in [0.4, 0.5) is 0 Å². The van der Waals surface area contributed by atoms with Crippen LogP contribution in [-0.4, -0.2) is 25.3 Å². The first-order valence-electron chi connectivity index (χ1n) is 10.9. The standard InChI is InChI=1S/C27H24ClNO4/c1-17-25(19-5-7-20(28)8-6-19)26(30)22-11-12-24-23(27(22)33-17)15-29(16-32-24)14-13-18-3-9-21(31-2)10-4-18/h3-12H,13-16H2,1-2H3. The molecule has 4 aromatic rings. The number of fused-ring (bicyclic) bond motifs is 3. The number of halogens is 1. The zero-order valence-electron chi connectivity index (χ0n) is 18.6. The Hall–Kier alpha value is -3.28. The monoisotopic (exact) mass is 461 g/mol. The Bertz CT molecular complexity index is 1360. The number of hydrogen-bond donors (Lipinski definition) is 0. The minimum absolute atomic E-state index is 0.0470. The first-order chi connectivity index (χ1) is 16.0. The van der Waals surface area contributed by atoms with E-state index >= 15 is 0 Å². The van der Waals surface area contributed by atoms with Crippen LogP contribution in [-0.2, 0) is 13.0 Å². The van der Waals surface area contributed by atoms with Crippen LogP contribution in [0.3, 0.4) is 0 Å². The van der Waals surface area contributed by atoms with Gasteiger partial charge < -0.3 is 13.9 Å². The van der Waals surface area contributed by atoms with Crippen LogP contribution in [0.2, 0.25) is 5.02 Å². The van der Waals surface area contributed by atoms with Crippen molar-refractivity contribution < 1.29 is 13.9 Å². The lowest BCUT2D eigenvalue weighted by Gasteiger charge is -2.29. The van der Waals surface area contributed by atoms with Gasteiger partial charge in [-0.2, -0.15) is 0 Å². The minimum atomic E-state index is -0.0470. The Balaban J connectivity index is 1.44. The highest BCUT2D eigenvalue weighted by Gasteiger charge is 2.23. The first kappa shape index (κ1) is 21.6. The van der Waals surface area contributed by atoms with Crippen molar-refractivity contribution in [1.29, 1.82) is 0 Å². The molecule has 1 aliphatic heterocycles. The van der Waals surface area contributed by atoms with Gasteiger partial charge in [0.15, 0.2) is 0 Å². The van der Waals surface area contributed by atoms with E-state index in [0.717, 1.165) is 35.6 Å². The van der Waals surface area contributed by atoms with E-state index in [0.29, 0.717) is 40.6 Å². The predicted molar refractivity (Wildman–Crippen MR) is 130 cm³/mol. The van der Waals surface area contributed by atoms with E-state index in [-0.39, 0.29) is 5.43 Å². The summed E-state index contributed by atoms with van der Waals surface area (Å²) < 4.78 is 17.5. The van der Waals surface area contributed by atoms with E-state index < -0.39 is 0 Å². The molecule has 0 aliphatic carbocycles. The lowest BCUT2D eigenvalue weighted by molar-refractivity contribution is 0.0968. The van der Waals surface area contributed by atoms with E-state index in [1.165, 1.54) is 5.56 Å². The highest BCUT2D eigenvalue weighted by Crippen LogP contribution is 2.34. The number of nitrogens with zero attached hydrogens (tertiary/aromatic N) is 1. The van der Waals surface area contributed by atoms with E-state index in [2.05, 4.69) is 17.0 Å². The van der Waals surface area contributed by atoms with Crippen LogP contribution in [0.15, 0.2) is 69.9 Å². The molecule has 168 valence electrons. The molecule has 3 aromatic carbocycles. The second-order valence-electron chi connectivity index (χ2n) is 8.21. The summed E-state index contributed by atoms with van der Waals surface area (Å²) in [6, 6.07) is 19.0. The molecule has 1 aromatic heterocycles. The van der Waals surface area contributed by atoms with Gasteiger partial charge in [-0.15, -0.1) is 0 Å². The maximum Gasteiger partial charge on any atom is 0.200 e. The lowest BCUT2D eigenvalue weighted by atomic mass is 10.0. The molecule has 1 aliphatic rings. The molecule has 0 atom stereocenters. The average Bonchev–Trinajstić information content (AvgIpc) is 2.84. The van der Waals surface area contributed by atoms with Crippen LogP contribution in [0, 0.1) is 6.92 Å². The highest BCUT2D eigenvalue weighted by molar-refractivity contribution is 6.30. The summed E-state index contributed by atoms with van der Waals surface area (Å²) in [4.78, 5) is 15.6. The number of aryl methyl sites for hydroxylation is 1. The Morgan fingerprint density at radius 1 is 1.03 bits per heavy atom. The van der Waals surface area contributed by atoms with Crippen molar-refractivity contribution in [3.05, 3.63) is 92.8 Å². The Morgan fingerprint density at radius 3 is 2.52 bits per heavy atom. The molecular formula is C27H24ClNO4. The molecule has 5 nitrogen and oxygen atoms in total. The molecular weight excluding hydrogens is 438 g/mol. The van der Waals surface area contributed by atoms with Gasteiger partial charge in [0.05, 0.1) is 23.6 Å². The molecule has 0 bridgehead atoms. The largest absolute Gasteiger partial charge is 0.497 e. The van der Waals surface area contributed by atoms with Crippen molar-refractivity contribution in [2.24, 2.45) is 0 Å². The molecule has 0 radical (unpaired) electrons. The van der Waals surface area contributed by atoms with Crippen molar-refractivity contribution in [2.75, 3.05) is 20.4 Å². The smallest absolute Gasteiger partial charge is 0.200 e. The summed E-state index contributed by atoms with van der Waals surface area (Å²) in [5.74, 6) is 2.20. The fraction of sp³-hybridized carbons (Fsp3) is 0.222. The minimum Gasteiger partial charge on any atom is -0.497 e. The second kappa shape index (κ2) is 8.93. The molecule has 0 fully saturated rings. The van der Waals surface area contributed by atoms with Crippen LogP contribution in [0.5, 0.6) is 11.5 Å². The zero-order valence-corrected chi connectivity index (χ0v) is 19.3. The third kappa shape index (κ3) is 4.22. The van der Waals surface area contributed by atoms with Gasteiger partial charge in [-0.05, 0) is 60.9 Å². The van der Waals surface area contributed by atoms with Crippen molar-refractivity contribution >= 4 is 22.6 Å². The maximum absolute atomic E-state index is 13.4. The van der Waals surface area contributed by atoms with Crippen molar-refractivity contribution in [3.63, 3.8) is 0 Å². The van der Waals surface area contributed by atoms with E-state index in [4.69, 9.17) is 25.5 Å². The third-order valence-electron chi connectivity index (χ3n) is 6.09. The second-order valence-corrected chi connectivity index (χ2v) is 8.65. The molecule has 0 saturated carbocycles. The molecule has 2 heterocycles. The third-order valence-corrected chi connectivity index (χ3v) is 6.34. The first-order valence-corrected chi connectivity index (χ1v) is 11.2. The Kier molecular flexibility index (Phi) is 5.83. The number of methoxy groups -OCH3 is 1. The molecule has 33 heavy (non-hydrogen) atoms. The van der Waals surface area contributed by atoms with Crippen LogP contribution in [0.1, 0.15) is 16.9 Å². The number of ether oxygens (including phenoxy) is 2. The lowest BCUT2D eigenvalue weighted by Crippen LogP contribution is -2.33.